The van der Waals surface area contributed by atoms with Crippen molar-refractivity contribution in [2.45, 2.75) is 25.3 Å². The summed E-state index contributed by atoms with van der Waals surface area (Å²) in [5, 5.41) is 4.79. The average molecular weight is 413 g/mol. The van der Waals surface area contributed by atoms with Gasteiger partial charge in [-0.1, -0.05) is 44.2 Å². The number of benzene rings is 2. The molecule has 1 heterocycles. The normalized spacial score (nSPS) is 11.7. The summed E-state index contributed by atoms with van der Waals surface area (Å²) in [5.74, 6) is -0.417. The van der Waals surface area contributed by atoms with Gasteiger partial charge in [-0.2, -0.15) is 4.31 Å². The average Bonchev–Trinajstić information content (AvgIpc) is 2.70. The number of hydrogen-bond acceptors (Lipinski definition) is 4. The van der Waals surface area contributed by atoms with E-state index in [1.165, 1.54) is 22.6 Å². The number of nitrogens with one attached hydrogen (secondary N) is 1. The summed E-state index contributed by atoms with van der Waals surface area (Å²) in [5.41, 5.74) is 0.158. The van der Waals surface area contributed by atoms with Gasteiger partial charge in [0.2, 0.25) is 15.9 Å². The van der Waals surface area contributed by atoms with E-state index in [1.54, 1.807) is 19.9 Å². The van der Waals surface area contributed by atoms with E-state index in [2.05, 4.69) is 5.32 Å². The van der Waals surface area contributed by atoms with E-state index in [9.17, 15) is 18.0 Å². The van der Waals surface area contributed by atoms with Gasteiger partial charge < -0.3 is 9.88 Å². The second kappa shape index (κ2) is 8.59. The molecule has 0 saturated carbocycles. The fourth-order valence-corrected chi connectivity index (χ4v) is 4.60. The first-order chi connectivity index (χ1) is 13.8. The molecular formula is C21H23N3O4S. The molecule has 152 valence electrons. The summed E-state index contributed by atoms with van der Waals surface area (Å²) in [6, 6.07) is 15.7. The summed E-state index contributed by atoms with van der Waals surface area (Å²) < 4.78 is 27.7. The predicted octanol–water partition coefficient (Wildman–Crippen LogP) is 2.67. The number of hydrogen-bond donors (Lipinski definition) is 1. The summed E-state index contributed by atoms with van der Waals surface area (Å²) in [6.07, 6.45) is 1.22. The van der Waals surface area contributed by atoms with Crippen molar-refractivity contribution in [3.8, 4) is 0 Å². The topological polar surface area (TPSA) is 88.5 Å². The minimum absolute atomic E-state index is 0.0145. The van der Waals surface area contributed by atoms with Gasteiger partial charge in [-0.05, 0) is 29.0 Å². The van der Waals surface area contributed by atoms with E-state index in [0.29, 0.717) is 18.8 Å². The largest absolute Gasteiger partial charge is 0.325 e. The maximum Gasteiger partial charge on any atom is 0.251 e. The molecule has 0 atom stereocenters. The highest BCUT2D eigenvalue weighted by Gasteiger charge is 2.22. The van der Waals surface area contributed by atoms with Gasteiger partial charge in [0, 0.05) is 31.0 Å². The van der Waals surface area contributed by atoms with Crippen LogP contribution in [-0.2, 0) is 21.4 Å². The molecule has 0 radical (unpaired) electrons. The number of pyridine rings is 1. The zero-order chi connectivity index (χ0) is 21.0. The van der Waals surface area contributed by atoms with Crippen molar-refractivity contribution in [1.82, 2.24) is 8.87 Å². The lowest BCUT2D eigenvalue weighted by Gasteiger charge is -2.19. The van der Waals surface area contributed by atoms with E-state index < -0.39 is 21.5 Å². The summed E-state index contributed by atoms with van der Waals surface area (Å²) >= 11 is 0. The van der Waals surface area contributed by atoms with E-state index in [1.807, 2.05) is 36.4 Å². The van der Waals surface area contributed by atoms with Gasteiger partial charge in [0.15, 0.2) is 0 Å². The predicted molar refractivity (Wildman–Crippen MR) is 113 cm³/mol. The van der Waals surface area contributed by atoms with Crippen LogP contribution in [0.25, 0.3) is 10.8 Å². The van der Waals surface area contributed by atoms with Gasteiger partial charge in [0.05, 0.1) is 4.90 Å². The first-order valence-corrected chi connectivity index (χ1v) is 10.8. The molecule has 0 aliphatic heterocycles. The quantitative estimate of drug-likeness (QED) is 0.645. The summed E-state index contributed by atoms with van der Waals surface area (Å²) in [4.78, 5) is 24.6. The second-order valence-corrected chi connectivity index (χ2v) is 8.47. The van der Waals surface area contributed by atoms with E-state index in [-0.39, 0.29) is 11.4 Å². The number of aromatic nitrogens is 1. The second-order valence-electron chi connectivity index (χ2n) is 6.53. The van der Waals surface area contributed by atoms with Gasteiger partial charge in [-0.25, -0.2) is 8.42 Å². The Balaban J connectivity index is 1.81. The Morgan fingerprint density at radius 2 is 1.69 bits per heavy atom. The molecule has 0 aliphatic carbocycles. The van der Waals surface area contributed by atoms with Gasteiger partial charge in [0.1, 0.15) is 6.54 Å². The fraction of sp³-hybridized carbons (Fsp3) is 0.238. The van der Waals surface area contributed by atoms with Crippen LogP contribution in [-0.4, -0.2) is 36.3 Å². The first kappa shape index (κ1) is 20.8. The van der Waals surface area contributed by atoms with Gasteiger partial charge in [0.25, 0.3) is 5.56 Å². The van der Waals surface area contributed by atoms with Crippen molar-refractivity contribution < 1.29 is 13.2 Å². The number of anilines is 1. The molecule has 0 unspecified atom stereocenters. The Morgan fingerprint density at radius 3 is 2.38 bits per heavy atom. The molecule has 1 N–H and O–H groups in total. The molecule has 8 heteroatoms. The minimum Gasteiger partial charge on any atom is -0.325 e. The molecule has 7 nitrogen and oxygen atoms in total. The minimum atomic E-state index is -3.72. The third-order valence-electron chi connectivity index (χ3n) is 4.65. The number of amides is 1. The Hall–Kier alpha value is -2.97. The van der Waals surface area contributed by atoms with Crippen LogP contribution in [0, 0.1) is 0 Å². The Bertz CT molecular complexity index is 1200. The lowest BCUT2D eigenvalue weighted by atomic mass is 10.1. The zero-order valence-electron chi connectivity index (χ0n) is 16.3. The molecule has 3 aromatic rings. The van der Waals surface area contributed by atoms with Crippen molar-refractivity contribution in [3.05, 3.63) is 71.1 Å². The van der Waals surface area contributed by atoms with Crippen LogP contribution >= 0.6 is 0 Å². The molecule has 2 aromatic carbocycles. The van der Waals surface area contributed by atoms with Crippen LogP contribution in [0.2, 0.25) is 0 Å². The maximum absolute atomic E-state index is 12.7. The molecular weight excluding hydrogens is 390 g/mol. The van der Waals surface area contributed by atoms with Crippen LogP contribution in [0.1, 0.15) is 13.8 Å². The van der Waals surface area contributed by atoms with Crippen molar-refractivity contribution in [3.63, 3.8) is 0 Å². The van der Waals surface area contributed by atoms with Crippen LogP contribution in [0.4, 0.5) is 5.69 Å². The monoisotopic (exact) mass is 413 g/mol. The van der Waals surface area contributed by atoms with Crippen LogP contribution in [0.3, 0.4) is 0 Å². The number of sulfonamides is 1. The highest BCUT2D eigenvalue weighted by atomic mass is 32.2. The smallest absolute Gasteiger partial charge is 0.251 e. The maximum atomic E-state index is 12.7. The fourth-order valence-electron chi connectivity index (χ4n) is 3.12. The van der Waals surface area contributed by atoms with Gasteiger partial charge in [-0.3, -0.25) is 9.59 Å². The number of carbonyl (C=O) groups is 1. The Kier molecular flexibility index (Phi) is 6.14. The third-order valence-corrected chi connectivity index (χ3v) is 6.68. The first-order valence-electron chi connectivity index (χ1n) is 9.34. The molecule has 0 fully saturated rings. The van der Waals surface area contributed by atoms with Crippen molar-refractivity contribution in [2.24, 2.45) is 0 Å². The van der Waals surface area contributed by atoms with Crippen molar-refractivity contribution >= 4 is 32.4 Å². The van der Waals surface area contributed by atoms with E-state index in [4.69, 9.17) is 0 Å². The van der Waals surface area contributed by atoms with Crippen molar-refractivity contribution in [2.75, 3.05) is 18.4 Å². The lowest BCUT2D eigenvalue weighted by molar-refractivity contribution is -0.116. The summed E-state index contributed by atoms with van der Waals surface area (Å²) in [6.45, 7) is 3.84. The number of rotatable bonds is 7. The Labute approximate surface area is 169 Å². The highest BCUT2D eigenvalue weighted by Crippen LogP contribution is 2.19. The number of carbonyl (C=O) groups excluding carboxylic acids is 1. The molecule has 3 rings (SSSR count). The standard InChI is InChI=1S/C21H23N3O4S/c1-3-24(4-2)29(27,28)19-11-12-21(26)23(14-19)15-20(25)22-18-10-9-16-7-5-6-8-17(16)13-18/h5-14H,3-4,15H2,1-2H3,(H,22,25). The van der Waals surface area contributed by atoms with Gasteiger partial charge in [-0.15, -0.1) is 0 Å². The molecule has 1 aromatic heterocycles. The zero-order valence-corrected chi connectivity index (χ0v) is 17.1. The lowest BCUT2D eigenvalue weighted by Crippen LogP contribution is -2.33. The van der Waals surface area contributed by atoms with E-state index >= 15 is 0 Å². The number of nitrogens with zero attached hydrogens (tertiary/aromatic N) is 2. The molecule has 0 aliphatic rings. The third kappa shape index (κ3) is 4.55. The summed E-state index contributed by atoms with van der Waals surface area (Å²) in [7, 11) is -3.72. The van der Waals surface area contributed by atoms with Crippen LogP contribution in [0.15, 0.2) is 70.5 Å². The molecule has 1 amide bonds. The SMILES string of the molecule is CCN(CC)S(=O)(=O)c1ccc(=O)n(CC(=O)Nc2ccc3ccccc3c2)c1. The molecule has 0 saturated heterocycles. The molecule has 0 spiro atoms. The van der Waals surface area contributed by atoms with E-state index in [0.717, 1.165) is 15.3 Å². The molecule has 29 heavy (non-hydrogen) atoms. The highest BCUT2D eigenvalue weighted by molar-refractivity contribution is 7.89. The van der Waals surface area contributed by atoms with Crippen LogP contribution in [0.5, 0.6) is 0 Å². The van der Waals surface area contributed by atoms with Crippen LogP contribution < -0.4 is 10.9 Å². The number of fused-ring (bicyclic) bond motifs is 1. The molecule has 0 bridgehead atoms. The van der Waals surface area contributed by atoms with Crippen molar-refractivity contribution in [1.29, 1.82) is 0 Å². The van der Waals surface area contributed by atoms with Gasteiger partial charge >= 0.3 is 0 Å². The Morgan fingerprint density at radius 1 is 1.00 bits per heavy atom.